The van der Waals surface area contributed by atoms with E-state index in [1.54, 1.807) is 12.1 Å². The number of halogens is 1. The summed E-state index contributed by atoms with van der Waals surface area (Å²) in [5.74, 6) is 0.153. The van der Waals surface area contributed by atoms with Gasteiger partial charge in [-0.15, -0.1) is 0 Å². The van der Waals surface area contributed by atoms with Crippen LogP contribution >= 0.6 is 15.9 Å². The Morgan fingerprint density at radius 2 is 1.63 bits per heavy atom. The van der Waals surface area contributed by atoms with Gasteiger partial charge in [0.25, 0.3) is 6.01 Å². The lowest BCUT2D eigenvalue weighted by Gasteiger charge is -2.00. The molecule has 4 N–H and O–H groups in total. The van der Waals surface area contributed by atoms with E-state index in [0.29, 0.717) is 11.7 Å². The number of fused-ring (bicyclic) bond motifs is 1. The zero-order valence-corrected chi connectivity index (χ0v) is 16.6. The maximum Gasteiger partial charge on any atom is 0.300 e. The second kappa shape index (κ2) is 8.14. The molecule has 5 nitrogen and oxygen atoms in total. The van der Waals surface area contributed by atoms with Crippen LogP contribution in [0, 0.1) is 13.8 Å². The molecular weight excluding hydrogens is 406 g/mol. The number of anilines is 3. The lowest BCUT2D eigenvalue weighted by molar-refractivity contribution is 0.478. The van der Waals surface area contributed by atoms with Crippen molar-refractivity contribution in [2.75, 3.05) is 11.1 Å². The molecule has 6 heteroatoms. The lowest BCUT2D eigenvalue weighted by Crippen LogP contribution is -1.89. The Balaban J connectivity index is 0.000000197. The molecule has 138 valence electrons. The van der Waals surface area contributed by atoms with Gasteiger partial charge in [-0.05, 0) is 73.5 Å². The Morgan fingerprint density at radius 3 is 2.30 bits per heavy atom. The monoisotopic (exact) mass is 425 g/mol. The molecule has 0 radical (unpaired) electrons. The Labute approximate surface area is 166 Å². The minimum absolute atomic E-state index is 0.153. The molecule has 1 heterocycles. The van der Waals surface area contributed by atoms with Gasteiger partial charge in [0, 0.05) is 10.2 Å². The minimum atomic E-state index is 0.153. The number of rotatable bonds is 2. The molecule has 0 aliphatic carbocycles. The van der Waals surface area contributed by atoms with Crippen molar-refractivity contribution in [2.45, 2.75) is 13.8 Å². The topological polar surface area (TPSA) is 84.3 Å². The number of aryl methyl sites for hydroxylation is 2. The molecule has 0 fully saturated rings. The van der Waals surface area contributed by atoms with Crippen LogP contribution < -0.4 is 11.1 Å². The minimum Gasteiger partial charge on any atom is -0.506 e. The van der Waals surface area contributed by atoms with Crippen LogP contribution in [0.3, 0.4) is 0 Å². The van der Waals surface area contributed by atoms with Crippen LogP contribution in [0.1, 0.15) is 11.1 Å². The molecule has 0 unspecified atom stereocenters. The van der Waals surface area contributed by atoms with Gasteiger partial charge < -0.3 is 20.6 Å². The molecule has 0 spiro atoms. The number of hydrogen-bond acceptors (Lipinski definition) is 5. The molecule has 4 rings (SSSR count). The van der Waals surface area contributed by atoms with Crippen LogP contribution in [0.15, 0.2) is 69.6 Å². The Kier molecular flexibility index (Phi) is 5.66. The smallest absolute Gasteiger partial charge is 0.300 e. The Hall–Kier alpha value is -2.99. The number of benzene rings is 3. The first-order valence-electron chi connectivity index (χ1n) is 8.35. The first-order chi connectivity index (χ1) is 12.9. The number of phenols is 1. The fourth-order valence-corrected chi connectivity index (χ4v) is 2.69. The van der Waals surface area contributed by atoms with Gasteiger partial charge >= 0.3 is 0 Å². The van der Waals surface area contributed by atoms with E-state index in [1.165, 1.54) is 5.56 Å². The highest BCUT2D eigenvalue weighted by molar-refractivity contribution is 9.10. The van der Waals surface area contributed by atoms with Crippen LogP contribution in [0.5, 0.6) is 5.75 Å². The van der Waals surface area contributed by atoms with Crippen molar-refractivity contribution in [3.05, 3.63) is 76.3 Å². The third-order valence-electron chi connectivity index (χ3n) is 3.82. The first-order valence-corrected chi connectivity index (χ1v) is 9.15. The summed E-state index contributed by atoms with van der Waals surface area (Å²) in [6.07, 6.45) is 0. The maximum atomic E-state index is 8.92. The molecule has 4 aromatic rings. The van der Waals surface area contributed by atoms with Gasteiger partial charge in [0.15, 0.2) is 5.58 Å². The van der Waals surface area contributed by atoms with Crippen molar-refractivity contribution < 1.29 is 9.52 Å². The Bertz CT molecular complexity index is 1060. The largest absolute Gasteiger partial charge is 0.506 e. The fourth-order valence-electron chi connectivity index (χ4n) is 2.42. The van der Waals surface area contributed by atoms with Crippen LogP contribution in [0.25, 0.3) is 11.1 Å². The van der Waals surface area contributed by atoms with Crippen molar-refractivity contribution in [3.8, 4) is 5.75 Å². The van der Waals surface area contributed by atoms with Gasteiger partial charge in [0.1, 0.15) is 11.3 Å². The van der Waals surface area contributed by atoms with E-state index in [4.69, 9.17) is 15.3 Å². The van der Waals surface area contributed by atoms with Crippen molar-refractivity contribution in [1.29, 1.82) is 0 Å². The van der Waals surface area contributed by atoms with Gasteiger partial charge in [-0.1, -0.05) is 28.1 Å². The van der Waals surface area contributed by atoms with E-state index in [9.17, 15) is 0 Å². The van der Waals surface area contributed by atoms with Crippen molar-refractivity contribution >= 4 is 44.4 Å². The predicted molar refractivity (Wildman–Crippen MR) is 113 cm³/mol. The average Bonchev–Trinajstić information content (AvgIpc) is 3.02. The van der Waals surface area contributed by atoms with E-state index in [1.807, 2.05) is 62.4 Å². The number of nitrogens with one attached hydrogen (secondary N) is 1. The fraction of sp³-hybridized carbons (Fsp3) is 0.0952. The molecule has 0 bridgehead atoms. The number of hydrogen-bond donors (Lipinski definition) is 3. The zero-order valence-electron chi connectivity index (χ0n) is 15.0. The highest BCUT2D eigenvalue weighted by Crippen LogP contribution is 2.23. The van der Waals surface area contributed by atoms with Crippen molar-refractivity contribution in [2.24, 2.45) is 0 Å². The molecular formula is C21H20BrN3O2. The normalized spacial score (nSPS) is 10.3. The van der Waals surface area contributed by atoms with Gasteiger partial charge in [0.05, 0.1) is 5.69 Å². The number of oxazole rings is 1. The highest BCUT2D eigenvalue weighted by Gasteiger charge is 2.05. The standard InChI is InChI=1S/C14H11BrN2O.C7H9NO/c1-9-2-7-13-12(8-9)17-14(18-13)16-11-5-3-10(15)4-6-11;1-5-2-3-7(9)6(8)4-5/h2-8H,1H3,(H,16,17);2-4,9H,8H2,1H3. The van der Waals surface area contributed by atoms with Gasteiger partial charge in [-0.2, -0.15) is 4.98 Å². The summed E-state index contributed by atoms with van der Waals surface area (Å²) in [6.45, 7) is 3.96. The quantitative estimate of drug-likeness (QED) is 0.274. The SMILES string of the molecule is Cc1ccc(O)c(N)c1.Cc1ccc2oc(Nc3ccc(Br)cc3)nc2c1. The molecule has 0 atom stereocenters. The van der Waals surface area contributed by atoms with E-state index in [0.717, 1.165) is 26.8 Å². The van der Waals surface area contributed by atoms with Crippen LogP contribution in [0.2, 0.25) is 0 Å². The zero-order chi connectivity index (χ0) is 19.4. The highest BCUT2D eigenvalue weighted by atomic mass is 79.9. The summed E-state index contributed by atoms with van der Waals surface area (Å²) in [5.41, 5.74) is 10.7. The Morgan fingerprint density at radius 1 is 0.963 bits per heavy atom. The summed E-state index contributed by atoms with van der Waals surface area (Å²) in [5, 5.41) is 12.1. The van der Waals surface area contributed by atoms with Crippen molar-refractivity contribution in [1.82, 2.24) is 4.98 Å². The predicted octanol–water partition coefficient (Wildman–Crippen LogP) is 5.93. The number of phenolic OH excluding ortho intramolecular Hbond substituents is 1. The summed E-state index contributed by atoms with van der Waals surface area (Å²) in [7, 11) is 0. The maximum absolute atomic E-state index is 8.92. The average molecular weight is 426 g/mol. The van der Waals surface area contributed by atoms with E-state index < -0.39 is 0 Å². The third kappa shape index (κ3) is 5.01. The summed E-state index contributed by atoms with van der Waals surface area (Å²) in [6, 6.07) is 19.5. The number of aromatic nitrogens is 1. The van der Waals surface area contributed by atoms with E-state index in [2.05, 4.69) is 26.2 Å². The molecule has 0 amide bonds. The van der Waals surface area contributed by atoms with Gasteiger partial charge in [-0.25, -0.2) is 0 Å². The first kappa shape index (κ1) is 18.8. The summed E-state index contributed by atoms with van der Waals surface area (Å²) < 4.78 is 6.67. The lowest BCUT2D eigenvalue weighted by atomic mass is 10.2. The number of aromatic hydroxyl groups is 1. The van der Waals surface area contributed by atoms with Gasteiger partial charge in [0.2, 0.25) is 0 Å². The third-order valence-corrected chi connectivity index (χ3v) is 4.35. The summed E-state index contributed by atoms with van der Waals surface area (Å²) >= 11 is 3.40. The van der Waals surface area contributed by atoms with E-state index in [-0.39, 0.29) is 5.75 Å². The molecule has 3 aromatic carbocycles. The molecule has 27 heavy (non-hydrogen) atoms. The number of nitrogens with zero attached hydrogens (tertiary/aromatic N) is 1. The number of nitrogens with two attached hydrogens (primary N) is 1. The molecule has 0 aliphatic heterocycles. The number of nitrogen functional groups attached to an aromatic ring is 1. The second-order valence-corrected chi connectivity index (χ2v) is 7.10. The second-order valence-electron chi connectivity index (χ2n) is 6.18. The molecule has 1 aromatic heterocycles. The van der Waals surface area contributed by atoms with Crippen LogP contribution in [-0.2, 0) is 0 Å². The molecule has 0 aliphatic rings. The summed E-state index contributed by atoms with van der Waals surface area (Å²) in [4.78, 5) is 4.40. The van der Waals surface area contributed by atoms with Crippen molar-refractivity contribution in [3.63, 3.8) is 0 Å². The van der Waals surface area contributed by atoms with Gasteiger partial charge in [-0.3, -0.25) is 0 Å². The van der Waals surface area contributed by atoms with Crippen LogP contribution in [0.4, 0.5) is 17.4 Å². The molecule has 0 saturated carbocycles. The molecule has 0 saturated heterocycles. The van der Waals surface area contributed by atoms with Crippen LogP contribution in [-0.4, -0.2) is 10.1 Å². The van der Waals surface area contributed by atoms with E-state index >= 15 is 0 Å².